The summed E-state index contributed by atoms with van der Waals surface area (Å²) in [4.78, 5) is 4.98. The van der Waals surface area contributed by atoms with Crippen LogP contribution in [-0.2, 0) is 4.84 Å². The molecule has 12 heavy (non-hydrogen) atoms. The molecule has 0 N–H and O–H groups in total. The first-order chi connectivity index (χ1) is 5.93. The lowest BCUT2D eigenvalue weighted by molar-refractivity contribution is 0.148. The van der Waals surface area contributed by atoms with Gasteiger partial charge in [-0.25, -0.2) is 0 Å². The third-order valence-electron chi connectivity index (χ3n) is 1.93. The third kappa shape index (κ3) is 3.38. The van der Waals surface area contributed by atoms with Crippen molar-refractivity contribution in [2.75, 3.05) is 6.61 Å². The van der Waals surface area contributed by atoms with Gasteiger partial charge in [0.25, 0.3) is 0 Å². The average molecular weight is 166 g/mol. The third-order valence-corrected chi connectivity index (χ3v) is 1.93. The van der Waals surface area contributed by atoms with Gasteiger partial charge >= 0.3 is 0 Å². The first-order valence-corrected chi connectivity index (χ1v) is 4.48. The Morgan fingerprint density at radius 2 is 2.08 bits per heavy atom. The molecule has 66 valence electrons. The number of rotatable bonds is 3. The molecular weight excluding hydrogens is 152 g/mol. The highest BCUT2D eigenvalue weighted by Gasteiger charge is 2.06. The summed E-state index contributed by atoms with van der Waals surface area (Å²) in [5.74, 6) is 0. The van der Waals surface area contributed by atoms with Crippen LogP contribution >= 0.6 is 0 Å². The van der Waals surface area contributed by atoms with Crippen molar-refractivity contribution in [3.05, 3.63) is 0 Å². The van der Waals surface area contributed by atoms with Crippen molar-refractivity contribution in [2.45, 2.75) is 38.5 Å². The lowest BCUT2D eigenvalue weighted by Crippen LogP contribution is -2.05. The normalized spacial score (nSPS) is 16.8. The molecule has 0 aliphatic heterocycles. The summed E-state index contributed by atoms with van der Waals surface area (Å²) in [6.07, 6.45) is 6.37. The maximum absolute atomic E-state index is 8.22. The Kier molecular flexibility index (Phi) is 4.22. The molecule has 0 atom stereocenters. The number of hydrogen-bond donors (Lipinski definition) is 0. The summed E-state index contributed by atoms with van der Waals surface area (Å²) < 4.78 is 0. The molecule has 0 unspecified atom stereocenters. The van der Waals surface area contributed by atoms with Crippen molar-refractivity contribution < 1.29 is 4.84 Å². The second-order valence-electron chi connectivity index (χ2n) is 2.96. The van der Waals surface area contributed by atoms with Gasteiger partial charge in [0.2, 0.25) is 0 Å². The van der Waals surface area contributed by atoms with Crippen LogP contribution in [0.1, 0.15) is 38.5 Å². The fourth-order valence-electron chi connectivity index (χ4n) is 1.28. The Bertz CT molecular complexity index is 185. The Morgan fingerprint density at radius 3 is 2.75 bits per heavy atom. The molecule has 0 amide bonds. The van der Waals surface area contributed by atoms with E-state index in [4.69, 9.17) is 10.1 Å². The summed E-state index contributed by atoms with van der Waals surface area (Å²) in [5, 5.41) is 12.2. The van der Waals surface area contributed by atoms with Crippen LogP contribution in [0.2, 0.25) is 0 Å². The molecule has 0 heterocycles. The molecule has 0 radical (unpaired) electrons. The van der Waals surface area contributed by atoms with Crippen LogP contribution in [0.25, 0.3) is 0 Å². The van der Waals surface area contributed by atoms with Crippen LogP contribution in [-0.4, -0.2) is 12.3 Å². The van der Waals surface area contributed by atoms with E-state index in [1.165, 1.54) is 25.0 Å². The van der Waals surface area contributed by atoms with Gasteiger partial charge in [0.15, 0.2) is 0 Å². The van der Waals surface area contributed by atoms with Crippen LogP contribution in [0.4, 0.5) is 0 Å². The summed E-state index contributed by atoms with van der Waals surface area (Å²) in [7, 11) is 0. The molecule has 0 bridgehead atoms. The van der Waals surface area contributed by atoms with Crippen LogP contribution in [0.3, 0.4) is 0 Å². The van der Waals surface area contributed by atoms with Crippen molar-refractivity contribution in [1.82, 2.24) is 0 Å². The highest BCUT2D eigenvalue weighted by Crippen LogP contribution is 2.14. The first-order valence-electron chi connectivity index (χ1n) is 4.48. The summed E-state index contributed by atoms with van der Waals surface area (Å²) in [5.41, 5.74) is 1.17. The van der Waals surface area contributed by atoms with E-state index in [1.807, 2.05) is 6.07 Å². The predicted molar refractivity (Wildman–Crippen MR) is 46.7 cm³/mol. The monoisotopic (exact) mass is 166 g/mol. The molecule has 1 aliphatic rings. The molecule has 1 fully saturated rings. The molecule has 1 saturated carbocycles. The molecule has 3 heteroatoms. The number of nitrogens with zero attached hydrogens (tertiary/aromatic N) is 2. The molecular formula is C9H14N2O. The highest BCUT2D eigenvalue weighted by atomic mass is 16.6. The van der Waals surface area contributed by atoms with Gasteiger partial charge in [-0.1, -0.05) is 11.6 Å². The zero-order valence-corrected chi connectivity index (χ0v) is 7.25. The number of hydrogen-bond acceptors (Lipinski definition) is 3. The maximum Gasteiger partial charge on any atom is 0.130 e. The quantitative estimate of drug-likeness (QED) is 0.476. The fourth-order valence-corrected chi connectivity index (χ4v) is 1.28. The smallest absolute Gasteiger partial charge is 0.130 e. The molecule has 0 aromatic carbocycles. The summed E-state index contributed by atoms with van der Waals surface area (Å²) >= 11 is 0. The summed E-state index contributed by atoms with van der Waals surface area (Å²) in [6, 6.07) is 2.01. The van der Waals surface area contributed by atoms with Crippen molar-refractivity contribution in [3.63, 3.8) is 0 Å². The minimum Gasteiger partial charge on any atom is -0.395 e. The van der Waals surface area contributed by atoms with Gasteiger partial charge in [-0.3, -0.25) is 0 Å². The molecule has 0 aromatic heterocycles. The van der Waals surface area contributed by atoms with Crippen LogP contribution in [0.15, 0.2) is 5.16 Å². The van der Waals surface area contributed by atoms with Crippen LogP contribution in [0, 0.1) is 11.3 Å². The zero-order chi connectivity index (χ0) is 8.65. The predicted octanol–water partition coefficient (Wildman–Crippen LogP) is 2.24. The highest BCUT2D eigenvalue weighted by molar-refractivity contribution is 5.84. The van der Waals surface area contributed by atoms with Crippen molar-refractivity contribution in [1.29, 1.82) is 5.26 Å². The lowest BCUT2D eigenvalue weighted by atomic mass is 9.99. The molecule has 1 rings (SSSR count). The van der Waals surface area contributed by atoms with E-state index in [-0.39, 0.29) is 0 Å². The second kappa shape index (κ2) is 5.59. The largest absolute Gasteiger partial charge is 0.395 e. The van der Waals surface area contributed by atoms with E-state index in [9.17, 15) is 0 Å². The van der Waals surface area contributed by atoms with E-state index in [0.717, 1.165) is 12.8 Å². The summed E-state index contributed by atoms with van der Waals surface area (Å²) in [6.45, 7) is 0.431. The standard InChI is InChI=1S/C9H14N2O/c10-7-4-8-12-11-9-5-2-1-3-6-9/h1-6,8H2. The Hall–Kier alpha value is -1.04. The van der Waals surface area contributed by atoms with E-state index < -0.39 is 0 Å². The first kappa shape index (κ1) is 9.05. The van der Waals surface area contributed by atoms with Crippen molar-refractivity contribution in [3.8, 4) is 6.07 Å². The zero-order valence-electron chi connectivity index (χ0n) is 7.25. The molecule has 3 nitrogen and oxygen atoms in total. The lowest BCUT2D eigenvalue weighted by Gasteiger charge is -2.10. The fraction of sp³-hybridized carbons (Fsp3) is 0.778. The molecule has 0 saturated heterocycles. The SMILES string of the molecule is N#CCCON=C1CCCCC1. The number of oxime groups is 1. The van der Waals surface area contributed by atoms with Crippen molar-refractivity contribution >= 4 is 5.71 Å². The molecule has 0 aromatic rings. The Labute approximate surface area is 73.0 Å². The minimum atomic E-state index is 0.427. The van der Waals surface area contributed by atoms with E-state index in [2.05, 4.69) is 5.16 Å². The Balaban J connectivity index is 2.13. The van der Waals surface area contributed by atoms with E-state index >= 15 is 0 Å². The van der Waals surface area contributed by atoms with Gasteiger partial charge < -0.3 is 4.84 Å². The Morgan fingerprint density at radius 1 is 1.33 bits per heavy atom. The van der Waals surface area contributed by atoms with E-state index in [1.54, 1.807) is 0 Å². The minimum absolute atomic E-state index is 0.427. The maximum atomic E-state index is 8.22. The van der Waals surface area contributed by atoms with Gasteiger partial charge in [0, 0.05) is 0 Å². The van der Waals surface area contributed by atoms with Gasteiger partial charge in [0.1, 0.15) is 6.61 Å². The topological polar surface area (TPSA) is 45.4 Å². The van der Waals surface area contributed by atoms with Crippen LogP contribution in [0.5, 0.6) is 0 Å². The average Bonchev–Trinajstić information content (AvgIpc) is 2.14. The van der Waals surface area contributed by atoms with Gasteiger partial charge in [-0.15, -0.1) is 0 Å². The molecule has 0 spiro atoms. The number of nitriles is 1. The van der Waals surface area contributed by atoms with Crippen molar-refractivity contribution in [2.24, 2.45) is 5.16 Å². The van der Waals surface area contributed by atoms with Crippen LogP contribution < -0.4 is 0 Å². The van der Waals surface area contributed by atoms with Gasteiger partial charge in [-0.2, -0.15) is 5.26 Å². The molecule has 1 aliphatic carbocycles. The second-order valence-corrected chi connectivity index (χ2v) is 2.96. The van der Waals surface area contributed by atoms with Gasteiger partial charge in [-0.05, 0) is 25.7 Å². The van der Waals surface area contributed by atoms with E-state index in [0.29, 0.717) is 13.0 Å². The van der Waals surface area contributed by atoms with Gasteiger partial charge in [0.05, 0.1) is 18.2 Å².